The average Bonchev–Trinajstić information content (AvgIpc) is 2.05. The number of nitriles is 1. The highest BCUT2D eigenvalue weighted by atomic mass is 32.1. The second-order valence-corrected chi connectivity index (χ2v) is 2.62. The van der Waals surface area contributed by atoms with Crippen LogP contribution in [-0.2, 0) is 6.42 Å². The van der Waals surface area contributed by atoms with Gasteiger partial charge in [-0.1, -0.05) is 19.1 Å². The van der Waals surface area contributed by atoms with Crippen LogP contribution in [0.2, 0.25) is 0 Å². The fraction of sp³-hybridized carbons (Fsp3) is 0.250. The Morgan fingerprint density at radius 2 is 2.45 bits per heavy atom. The quantitative estimate of drug-likeness (QED) is 0.646. The Morgan fingerprint density at radius 1 is 1.73 bits per heavy atom. The zero-order chi connectivity index (χ0) is 8.27. The van der Waals surface area contributed by atoms with Gasteiger partial charge in [-0.25, -0.2) is 0 Å². The largest absolute Gasteiger partial charge is 0.352 e. The maximum atomic E-state index is 8.60. The summed E-state index contributed by atoms with van der Waals surface area (Å²) in [5.74, 6) is 0. The first-order valence-corrected chi connectivity index (χ1v) is 3.80. The van der Waals surface area contributed by atoms with E-state index in [4.69, 9.17) is 17.5 Å². The molecule has 2 nitrogen and oxygen atoms in total. The van der Waals surface area contributed by atoms with Crippen molar-refractivity contribution in [3.63, 3.8) is 0 Å². The molecule has 0 aliphatic rings. The minimum absolute atomic E-state index is 0.518. The van der Waals surface area contributed by atoms with E-state index < -0.39 is 0 Å². The lowest BCUT2D eigenvalue weighted by Crippen LogP contribution is -1.86. The van der Waals surface area contributed by atoms with Crippen LogP contribution in [0.4, 0.5) is 0 Å². The van der Waals surface area contributed by atoms with Crippen LogP contribution >= 0.6 is 12.2 Å². The summed E-state index contributed by atoms with van der Waals surface area (Å²) < 4.78 is 0.518. The first kappa shape index (κ1) is 7.96. The molecule has 0 aliphatic heterocycles. The average molecular weight is 164 g/mol. The summed E-state index contributed by atoms with van der Waals surface area (Å²) in [4.78, 5) is 2.86. The highest BCUT2D eigenvalue weighted by Gasteiger charge is 1.94. The van der Waals surface area contributed by atoms with Gasteiger partial charge in [0.15, 0.2) is 0 Å². The molecule has 56 valence electrons. The Hall–Kier alpha value is -1.14. The highest BCUT2D eigenvalue weighted by Crippen LogP contribution is 2.03. The van der Waals surface area contributed by atoms with Crippen molar-refractivity contribution in [1.29, 1.82) is 5.26 Å². The van der Waals surface area contributed by atoms with E-state index in [9.17, 15) is 0 Å². The lowest BCUT2D eigenvalue weighted by molar-refractivity contribution is 1.09. The van der Waals surface area contributed by atoms with Crippen LogP contribution in [0.1, 0.15) is 18.1 Å². The minimum Gasteiger partial charge on any atom is -0.352 e. The molecule has 0 amide bonds. The van der Waals surface area contributed by atoms with E-state index in [1.54, 1.807) is 0 Å². The molecule has 1 N–H and O–H groups in total. The molecule has 1 heterocycles. The van der Waals surface area contributed by atoms with Crippen LogP contribution in [0.25, 0.3) is 0 Å². The monoisotopic (exact) mass is 164 g/mol. The second kappa shape index (κ2) is 3.31. The van der Waals surface area contributed by atoms with Gasteiger partial charge in [0.1, 0.15) is 10.7 Å². The summed E-state index contributed by atoms with van der Waals surface area (Å²) in [5.41, 5.74) is 1.66. The van der Waals surface area contributed by atoms with Gasteiger partial charge >= 0.3 is 0 Å². The molecule has 0 unspecified atom stereocenters. The van der Waals surface area contributed by atoms with E-state index in [-0.39, 0.29) is 0 Å². The van der Waals surface area contributed by atoms with E-state index in [2.05, 4.69) is 4.98 Å². The lowest BCUT2D eigenvalue weighted by atomic mass is 10.2. The third-order valence-corrected chi connectivity index (χ3v) is 1.83. The maximum absolute atomic E-state index is 8.60. The minimum atomic E-state index is 0.518. The molecular formula is C8H8N2S. The number of H-pyrrole nitrogens is 1. The predicted octanol–water partition coefficient (Wildman–Crippen LogP) is 2.18. The Labute approximate surface area is 70.5 Å². The summed E-state index contributed by atoms with van der Waals surface area (Å²) in [7, 11) is 0. The van der Waals surface area contributed by atoms with Crippen LogP contribution in [0.5, 0.6) is 0 Å². The molecule has 0 spiro atoms. The Bertz CT molecular complexity index is 346. The fourth-order valence-electron chi connectivity index (χ4n) is 0.816. The SMILES string of the molecule is CCc1c[nH]c(=S)c(C#N)c1. The van der Waals surface area contributed by atoms with E-state index in [1.807, 2.05) is 25.3 Å². The summed E-state index contributed by atoms with van der Waals surface area (Å²) >= 11 is 4.88. The molecule has 3 heteroatoms. The van der Waals surface area contributed by atoms with Gasteiger partial charge in [0.05, 0.1) is 5.56 Å². The molecular weight excluding hydrogens is 156 g/mol. The van der Waals surface area contributed by atoms with Gasteiger partial charge in [-0.2, -0.15) is 5.26 Å². The summed E-state index contributed by atoms with van der Waals surface area (Å²) in [5, 5.41) is 8.60. The van der Waals surface area contributed by atoms with Crippen LogP contribution in [0, 0.1) is 16.0 Å². The van der Waals surface area contributed by atoms with Crippen LogP contribution < -0.4 is 0 Å². The van der Waals surface area contributed by atoms with E-state index in [0.717, 1.165) is 12.0 Å². The molecule has 0 aromatic carbocycles. The van der Waals surface area contributed by atoms with Crippen molar-refractivity contribution in [2.24, 2.45) is 0 Å². The fourth-order valence-corrected chi connectivity index (χ4v) is 0.979. The zero-order valence-corrected chi connectivity index (χ0v) is 7.03. The summed E-state index contributed by atoms with van der Waals surface area (Å²) in [6, 6.07) is 3.85. The molecule has 0 radical (unpaired) electrons. The smallest absolute Gasteiger partial charge is 0.121 e. The first-order valence-electron chi connectivity index (χ1n) is 3.39. The van der Waals surface area contributed by atoms with Crippen molar-refractivity contribution < 1.29 is 0 Å². The Morgan fingerprint density at radius 3 is 3.00 bits per heavy atom. The number of pyridine rings is 1. The van der Waals surface area contributed by atoms with Crippen molar-refractivity contribution in [2.75, 3.05) is 0 Å². The molecule has 11 heavy (non-hydrogen) atoms. The van der Waals surface area contributed by atoms with E-state index >= 15 is 0 Å². The van der Waals surface area contributed by atoms with Crippen LogP contribution in [0.15, 0.2) is 12.3 Å². The van der Waals surface area contributed by atoms with Gasteiger partial charge in [0.2, 0.25) is 0 Å². The number of hydrogen-bond acceptors (Lipinski definition) is 2. The normalized spacial score (nSPS) is 9.09. The molecule has 0 atom stereocenters. The molecule has 1 aromatic rings. The van der Waals surface area contributed by atoms with Crippen LogP contribution in [0.3, 0.4) is 0 Å². The maximum Gasteiger partial charge on any atom is 0.121 e. The third-order valence-electron chi connectivity index (χ3n) is 1.49. The Kier molecular flexibility index (Phi) is 2.40. The molecule has 0 aliphatic carbocycles. The number of aromatic nitrogens is 1. The molecule has 0 saturated heterocycles. The van der Waals surface area contributed by atoms with E-state index in [1.165, 1.54) is 0 Å². The molecule has 1 aromatic heterocycles. The number of aryl methyl sites for hydroxylation is 1. The molecule has 0 fully saturated rings. The van der Waals surface area contributed by atoms with Gasteiger partial charge in [-0.3, -0.25) is 0 Å². The summed E-state index contributed by atoms with van der Waals surface area (Å²) in [6.45, 7) is 2.04. The highest BCUT2D eigenvalue weighted by molar-refractivity contribution is 7.71. The van der Waals surface area contributed by atoms with Crippen molar-refractivity contribution >= 4 is 12.2 Å². The molecule has 0 bridgehead atoms. The molecule has 1 rings (SSSR count). The van der Waals surface area contributed by atoms with Crippen molar-refractivity contribution in [3.8, 4) is 6.07 Å². The molecule has 0 saturated carbocycles. The Balaban J connectivity index is 3.26. The summed E-state index contributed by atoms with van der Waals surface area (Å²) in [6.07, 6.45) is 2.75. The topological polar surface area (TPSA) is 39.6 Å². The number of hydrogen-bond donors (Lipinski definition) is 1. The predicted molar refractivity (Wildman–Crippen MR) is 45.7 cm³/mol. The third kappa shape index (κ3) is 1.66. The van der Waals surface area contributed by atoms with Gasteiger partial charge in [-0.05, 0) is 18.1 Å². The number of nitrogens with zero attached hydrogens (tertiary/aromatic N) is 1. The first-order chi connectivity index (χ1) is 5.27. The standard InChI is InChI=1S/C8H8N2S/c1-2-6-3-7(4-9)8(11)10-5-6/h3,5H,2H2,1H3,(H,10,11). The lowest BCUT2D eigenvalue weighted by Gasteiger charge is -1.95. The number of aromatic amines is 1. The van der Waals surface area contributed by atoms with Crippen molar-refractivity contribution in [3.05, 3.63) is 28.0 Å². The van der Waals surface area contributed by atoms with Gasteiger partial charge < -0.3 is 4.98 Å². The van der Waals surface area contributed by atoms with Gasteiger partial charge in [-0.15, -0.1) is 0 Å². The van der Waals surface area contributed by atoms with Crippen molar-refractivity contribution in [1.82, 2.24) is 4.98 Å². The van der Waals surface area contributed by atoms with Crippen LogP contribution in [-0.4, -0.2) is 4.98 Å². The van der Waals surface area contributed by atoms with Gasteiger partial charge in [0, 0.05) is 6.20 Å². The van der Waals surface area contributed by atoms with Gasteiger partial charge in [0.25, 0.3) is 0 Å². The second-order valence-electron chi connectivity index (χ2n) is 2.22. The number of rotatable bonds is 1. The van der Waals surface area contributed by atoms with E-state index in [0.29, 0.717) is 10.2 Å². The zero-order valence-electron chi connectivity index (χ0n) is 6.22. The van der Waals surface area contributed by atoms with Crippen molar-refractivity contribution in [2.45, 2.75) is 13.3 Å². The number of nitrogens with one attached hydrogen (secondary N) is 1.